The first-order valence-electron chi connectivity index (χ1n) is 5.79. The van der Waals surface area contributed by atoms with E-state index in [1.807, 2.05) is 40.7 Å². The van der Waals surface area contributed by atoms with Crippen molar-refractivity contribution in [3.63, 3.8) is 0 Å². The number of rotatable bonds is 3. The fraction of sp³-hybridized carbons (Fsp3) is 0.500. The fourth-order valence-corrected chi connectivity index (χ4v) is 1.45. The van der Waals surface area contributed by atoms with Crippen molar-refractivity contribution < 1.29 is 14.3 Å². The predicted octanol–water partition coefficient (Wildman–Crippen LogP) is 3.35. The van der Waals surface area contributed by atoms with Crippen LogP contribution in [0.2, 0.25) is 0 Å². The minimum atomic E-state index is -0.480. The average molecular weight is 236 g/mol. The molecule has 0 saturated heterocycles. The lowest BCUT2D eigenvalue weighted by molar-refractivity contribution is 0.00690. The number of hydrogen-bond acceptors (Lipinski definition) is 3. The zero-order valence-corrected chi connectivity index (χ0v) is 11.2. The minimum absolute atomic E-state index is 0.317. The smallest absolute Gasteiger partial charge is 0.338 e. The molecule has 0 aliphatic rings. The highest BCUT2D eigenvalue weighted by atomic mass is 16.6. The van der Waals surface area contributed by atoms with Crippen LogP contribution in [0.3, 0.4) is 0 Å². The van der Waals surface area contributed by atoms with Crippen LogP contribution in [0.1, 0.15) is 43.6 Å². The van der Waals surface area contributed by atoms with Gasteiger partial charge in [-0.3, -0.25) is 0 Å². The highest BCUT2D eigenvalue weighted by molar-refractivity contribution is 5.90. The van der Waals surface area contributed by atoms with E-state index in [1.54, 1.807) is 12.1 Å². The zero-order valence-electron chi connectivity index (χ0n) is 11.2. The van der Waals surface area contributed by atoms with Gasteiger partial charge in [-0.1, -0.05) is 0 Å². The van der Waals surface area contributed by atoms with Crippen molar-refractivity contribution in [1.82, 2.24) is 0 Å². The van der Waals surface area contributed by atoms with Crippen molar-refractivity contribution in [3.05, 3.63) is 29.3 Å². The predicted molar refractivity (Wildman–Crippen MR) is 67.5 cm³/mol. The molecule has 0 atom stereocenters. The van der Waals surface area contributed by atoms with Gasteiger partial charge in [0.05, 0.1) is 12.2 Å². The third kappa shape index (κ3) is 4.47. The molecule has 0 radical (unpaired) electrons. The van der Waals surface area contributed by atoms with E-state index >= 15 is 0 Å². The molecule has 0 aliphatic carbocycles. The summed E-state index contributed by atoms with van der Waals surface area (Å²) in [7, 11) is 0. The third-order valence-electron chi connectivity index (χ3n) is 2.00. The maximum Gasteiger partial charge on any atom is 0.338 e. The van der Waals surface area contributed by atoms with Crippen LogP contribution in [-0.2, 0) is 4.74 Å². The molecule has 3 nitrogen and oxygen atoms in total. The van der Waals surface area contributed by atoms with Gasteiger partial charge < -0.3 is 9.47 Å². The molecule has 0 heterocycles. The summed E-state index contributed by atoms with van der Waals surface area (Å²) in [5, 5.41) is 0. The quantitative estimate of drug-likeness (QED) is 0.755. The third-order valence-corrected chi connectivity index (χ3v) is 2.00. The molecule has 0 N–H and O–H groups in total. The topological polar surface area (TPSA) is 35.5 Å². The zero-order chi connectivity index (χ0) is 13.1. The van der Waals surface area contributed by atoms with Gasteiger partial charge in [-0.05, 0) is 58.4 Å². The van der Waals surface area contributed by atoms with Crippen molar-refractivity contribution in [1.29, 1.82) is 0 Å². The fourth-order valence-electron chi connectivity index (χ4n) is 1.45. The molecule has 1 aromatic rings. The first-order chi connectivity index (χ1) is 7.81. The molecule has 0 fully saturated rings. The number of aryl methyl sites for hydroxylation is 1. The van der Waals surface area contributed by atoms with Gasteiger partial charge in [0.2, 0.25) is 0 Å². The monoisotopic (exact) mass is 236 g/mol. The molecule has 3 heteroatoms. The second-order valence-electron chi connectivity index (χ2n) is 4.97. The van der Waals surface area contributed by atoms with E-state index in [-0.39, 0.29) is 5.97 Å². The second kappa shape index (κ2) is 5.21. The Bertz CT molecular complexity index is 402. The molecule has 0 aromatic heterocycles. The Morgan fingerprint density at radius 3 is 2.41 bits per heavy atom. The Morgan fingerprint density at radius 2 is 1.88 bits per heavy atom. The largest absolute Gasteiger partial charge is 0.494 e. The summed E-state index contributed by atoms with van der Waals surface area (Å²) in [6.07, 6.45) is 0. The van der Waals surface area contributed by atoms with Crippen LogP contribution in [0.25, 0.3) is 0 Å². The maximum atomic E-state index is 11.9. The van der Waals surface area contributed by atoms with E-state index in [0.717, 1.165) is 5.56 Å². The van der Waals surface area contributed by atoms with Gasteiger partial charge in [-0.15, -0.1) is 0 Å². The summed E-state index contributed by atoms with van der Waals surface area (Å²) >= 11 is 0. The number of carbonyl (C=O) groups excluding carboxylic acids is 1. The van der Waals surface area contributed by atoms with Crippen molar-refractivity contribution in [2.24, 2.45) is 0 Å². The number of esters is 1. The van der Waals surface area contributed by atoms with Crippen molar-refractivity contribution >= 4 is 5.97 Å². The standard InChI is InChI=1S/C14H20O3/c1-6-16-12-8-10(2)7-11(9-12)13(15)17-14(3,4)5/h7-9H,6H2,1-5H3. The average Bonchev–Trinajstić information content (AvgIpc) is 2.14. The molecular formula is C14H20O3. The van der Waals surface area contributed by atoms with Crippen molar-refractivity contribution in [2.75, 3.05) is 6.61 Å². The van der Waals surface area contributed by atoms with Crippen LogP contribution >= 0.6 is 0 Å². The molecule has 0 saturated carbocycles. The van der Waals surface area contributed by atoms with Gasteiger partial charge in [0.15, 0.2) is 0 Å². The maximum absolute atomic E-state index is 11.9. The first kappa shape index (κ1) is 13.6. The molecule has 1 rings (SSSR count). The first-order valence-corrected chi connectivity index (χ1v) is 5.79. The summed E-state index contributed by atoms with van der Waals surface area (Å²) in [5.74, 6) is 0.385. The van der Waals surface area contributed by atoms with Crippen molar-refractivity contribution in [2.45, 2.75) is 40.2 Å². The van der Waals surface area contributed by atoms with Crippen LogP contribution < -0.4 is 4.74 Å². The van der Waals surface area contributed by atoms with E-state index in [1.165, 1.54) is 0 Å². The Morgan fingerprint density at radius 1 is 1.24 bits per heavy atom. The molecule has 0 spiro atoms. The Balaban J connectivity index is 2.93. The number of benzene rings is 1. The molecule has 0 amide bonds. The van der Waals surface area contributed by atoms with Crippen LogP contribution in [-0.4, -0.2) is 18.2 Å². The minimum Gasteiger partial charge on any atom is -0.494 e. The number of ether oxygens (including phenoxy) is 2. The van der Waals surface area contributed by atoms with E-state index in [0.29, 0.717) is 17.9 Å². The van der Waals surface area contributed by atoms with Gasteiger partial charge >= 0.3 is 5.97 Å². The summed E-state index contributed by atoms with van der Waals surface area (Å²) in [4.78, 5) is 11.9. The normalized spacial score (nSPS) is 11.1. The van der Waals surface area contributed by atoms with Crippen LogP contribution in [0.4, 0.5) is 0 Å². The van der Waals surface area contributed by atoms with E-state index < -0.39 is 5.60 Å². The molecule has 0 bridgehead atoms. The molecule has 17 heavy (non-hydrogen) atoms. The summed E-state index contributed by atoms with van der Waals surface area (Å²) in [5.41, 5.74) is 1.03. The summed E-state index contributed by atoms with van der Waals surface area (Å²) in [6, 6.07) is 5.42. The summed E-state index contributed by atoms with van der Waals surface area (Å²) in [6.45, 7) is 9.97. The van der Waals surface area contributed by atoms with Crippen LogP contribution in [0.15, 0.2) is 18.2 Å². The lowest BCUT2D eigenvalue weighted by Crippen LogP contribution is -2.23. The van der Waals surface area contributed by atoms with Crippen LogP contribution in [0.5, 0.6) is 5.75 Å². The summed E-state index contributed by atoms with van der Waals surface area (Å²) < 4.78 is 10.7. The van der Waals surface area contributed by atoms with E-state index in [4.69, 9.17) is 9.47 Å². The lowest BCUT2D eigenvalue weighted by atomic mass is 10.1. The van der Waals surface area contributed by atoms with Gasteiger partial charge in [0, 0.05) is 0 Å². The number of carbonyl (C=O) groups is 1. The Labute approximate surface area is 103 Å². The van der Waals surface area contributed by atoms with Gasteiger partial charge in [0.1, 0.15) is 11.4 Å². The SMILES string of the molecule is CCOc1cc(C)cc(C(=O)OC(C)(C)C)c1. The number of hydrogen-bond donors (Lipinski definition) is 0. The second-order valence-corrected chi connectivity index (χ2v) is 4.97. The Hall–Kier alpha value is -1.51. The van der Waals surface area contributed by atoms with Gasteiger partial charge in [0.25, 0.3) is 0 Å². The van der Waals surface area contributed by atoms with E-state index in [9.17, 15) is 4.79 Å². The molecule has 1 aromatic carbocycles. The van der Waals surface area contributed by atoms with E-state index in [2.05, 4.69) is 0 Å². The molecule has 0 unspecified atom stereocenters. The highest BCUT2D eigenvalue weighted by Gasteiger charge is 2.18. The van der Waals surface area contributed by atoms with Gasteiger partial charge in [-0.2, -0.15) is 0 Å². The Kier molecular flexibility index (Phi) is 4.16. The van der Waals surface area contributed by atoms with Crippen molar-refractivity contribution in [3.8, 4) is 5.75 Å². The molecule has 0 aliphatic heterocycles. The molecular weight excluding hydrogens is 216 g/mol. The lowest BCUT2D eigenvalue weighted by Gasteiger charge is -2.19. The van der Waals surface area contributed by atoms with Gasteiger partial charge in [-0.25, -0.2) is 4.79 Å². The van der Waals surface area contributed by atoms with Crippen LogP contribution in [0, 0.1) is 6.92 Å². The highest BCUT2D eigenvalue weighted by Crippen LogP contribution is 2.19. The molecule has 94 valence electrons.